The van der Waals surface area contributed by atoms with Gasteiger partial charge in [0, 0.05) is 19.1 Å². The molecule has 4 rings (SSSR count). The molecule has 1 aliphatic carbocycles. The maximum absolute atomic E-state index is 14.5. The lowest BCUT2D eigenvalue weighted by molar-refractivity contribution is 0.0209. The number of nitrogens with zero attached hydrogens (tertiary/aromatic N) is 4. The third-order valence-corrected chi connectivity index (χ3v) is 5.77. The Hall–Kier alpha value is -1.57. The predicted molar refractivity (Wildman–Crippen MR) is 101 cm³/mol. The van der Waals surface area contributed by atoms with Gasteiger partial charge < -0.3 is 4.74 Å². The van der Waals surface area contributed by atoms with Crippen LogP contribution in [-0.2, 0) is 11.4 Å². The number of hydrogen-bond acceptors (Lipinski definition) is 4. The van der Waals surface area contributed by atoms with E-state index in [1.54, 1.807) is 12.1 Å². The molecule has 5 nitrogen and oxygen atoms in total. The molecule has 0 N–H and O–H groups in total. The van der Waals surface area contributed by atoms with E-state index in [1.165, 1.54) is 25.3 Å². The molecule has 0 spiro atoms. The van der Waals surface area contributed by atoms with Crippen molar-refractivity contribution >= 4 is 12.2 Å². The monoisotopic (exact) mass is 376 g/mol. The third kappa shape index (κ3) is 3.61. The van der Waals surface area contributed by atoms with Crippen LogP contribution in [0.1, 0.15) is 38.1 Å². The second kappa shape index (κ2) is 7.98. The van der Waals surface area contributed by atoms with Crippen molar-refractivity contribution in [3.63, 3.8) is 0 Å². The van der Waals surface area contributed by atoms with Gasteiger partial charge in [-0.15, -0.1) is 0 Å². The molecule has 2 aromatic rings. The quantitative estimate of drug-likeness (QED) is 0.755. The summed E-state index contributed by atoms with van der Waals surface area (Å²) in [6.07, 6.45) is 5.81. The van der Waals surface area contributed by atoms with Crippen molar-refractivity contribution in [2.24, 2.45) is 0 Å². The molecule has 0 unspecified atom stereocenters. The topological polar surface area (TPSA) is 35.2 Å². The molecule has 2 heterocycles. The molecule has 1 saturated carbocycles. The van der Waals surface area contributed by atoms with Crippen LogP contribution in [0.4, 0.5) is 4.39 Å². The average molecular weight is 377 g/mol. The fourth-order valence-corrected chi connectivity index (χ4v) is 4.27. The molecule has 1 aromatic heterocycles. The van der Waals surface area contributed by atoms with Crippen molar-refractivity contribution in [3.8, 4) is 11.4 Å². The summed E-state index contributed by atoms with van der Waals surface area (Å²) in [7, 11) is 0. The van der Waals surface area contributed by atoms with Crippen LogP contribution >= 0.6 is 12.2 Å². The van der Waals surface area contributed by atoms with Crippen molar-refractivity contribution in [2.75, 3.05) is 26.3 Å². The van der Waals surface area contributed by atoms with Gasteiger partial charge in [-0.25, -0.2) is 9.07 Å². The van der Waals surface area contributed by atoms with E-state index in [0.29, 0.717) is 28.9 Å². The lowest BCUT2D eigenvalue weighted by Crippen LogP contribution is -2.37. The largest absolute Gasteiger partial charge is 0.379 e. The van der Waals surface area contributed by atoms with Gasteiger partial charge >= 0.3 is 0 Å². The highest BCUT2D eigenvalue weighted by atomic mass is 32.1. The smallest absolute Gasteiger partial charge is 0.199 e. The van der Waals surface area contributed by atoms with Crippen LogP contribution in [0.25, 0.3) is 11.4 Å². The lowest BCUT2D eigenvalue weighted by Gasteiger charge is -2.26. The van der Waals surface area contributed by atoms with Gasteiger partial charge in [-0.3, -0.25) is 9.47 Å². The van der Waals surface area contributed by atoms with Gasteiger partial charge in [0.1, 0.15) is 5.82 Å². The highest BCUT2D eigenvalue weighted by molar-refractivity contribution is 7.71. The maximum Gasteiger partial charge on any atom is 0.199 e. The molecular formula is C19H25FN4OS. The van der Waals surface area contributed by atoms with Gasteiger partial charge in [-0.1, -0.05) is 31.4 Å². The molecule has 1 aliphatic heterocycles. The second-order valence-electron chi connectivity index (χ2n) is 7.12. The Morgan fingerprint density at radius 3 is 2.58 bits per heavy atom. The molecule has 2 aliphatic rings. The Balaban J connectivity index is 1.74. The van der Waals surface area contributed by atoms with E-state index in [2.05, 4.69) is 9.47 Å². The van der Waals surface area contributed by atoms with E-state index in [-0.39, 0.29) is 5.82 Å². The van der Waals surface area contributed by atoms with Crippen LogP contribution < -0.4 is 0 Å². The van der Waals surface area contributed by atoms with Gasteiger partial charge in [-0.05, 0) is 37.2 Å². The molecular weight excluding hydrogens is 351 g/mol. The first-order chi connectivity index (χ1) is 12.7. The Kier molecular flexibility index (Phi) is 5.47. The minimum atomic E-state index is -0.247. The van der Waals surface area contributed by atoms with Gasteiger partial charge in [-0.2, -0.15) is 5.10 Å². The average Bonchev–Trinajstić information content (AvgIpc) is 3.00. The first-order valence-electron chi connectivity index (χ1n) is 9.48. The summed E-state index contributed by atoms with van der Waals surface area (Å²) in [5.41, 5.74) is 0.532. The molecule has 140 valence electrons. The van der Waals surface area contributed by atoms with Crippen LogP contribution in [0.5, 0.6) is 0 Å². The first kappa shape index (κ1) is 17.8. The predicted octanol–water partition coefficient (Wildman–Crippen LogP) is 4.02. The van der Waals surface area contributed by atoms with Gasteiger partial charge in [0.25, 0.3) is 0 Å². The Morgan fingerprint density at radius 1 is 1.12 bits per heavy atom. The summed E-state index contributed by atoms with van der Waals surface area (Å²) in [5, 5.41) is 4.76. The minimum absolute atomic E-state index is 0.247. The van der Waals surface area contributed by atoms with E-state index < -0.39 is 0 Å². The number of morpholine rings is 1. The van der Waals surface area contributed by atoms with Gasteiger partial charge in [0.05, 0.1) is 25.4 Å². The fraction of sp³-hybridized carbons (Fsp3) is 0.579. The Bertz CT molecular complexity index is 806. The number of rotatable bonds is 4. The number of hydrogen-bond donors (Lipinski definition) is 0. The van der Waals surface area contributed by atoms with E-state index in [4.69, 9.17) is 22.1 Å². The SMILES string of the molecule is Fc1ccccc1-c1nn(CN2CCOCC2)c(=S)n1C1CCCCC1. The summed E-state index contributed by atoms with van der Waals surface area (Å²) in [5.74, 6) is 0.413. The third-order valence-electron chi connectivity index (χ3n) is 5.36. The molecule has 1 saturated heterocycles. The van der Waals surface area contributed by atoms with Gasteiger partial charge in [0.15, 0.2) is 10.6 Å². The van der Waals surface area contributed by atoms with Crippen molar-refractivity contribution in [1.29, 1.82) is 0 Å². The Morgan fingerprint density at radius 2 is 1.85 bits per heavy atom. The minimum Gasteiger partial charge on any atom is -0.379 e. The van der Waals surface area contributed by atoms with E-state index >= 15 is 0 Å². The molecule has 7 heteroatoms. The normalized spacial score (nSPS) is 19.7. The van der Waals surface area contributed by atoms with E-state index in [0.717, 1.165) is 39.1 Å². The number of benzene rings is 1. The van der Waals surface area contributed by atoms with Crippen LogP contribution in [0.3, 0.4) is 0 Å². The Labute approximate surface area is 158 Å². The van der Waals surface area contributed by atoms with Crippen LogP contribution in [0, 0.1) is 10.6 Å². The van der Waals surface area contributed by atoms with Crippen LogP contribution in [-0.4, -0.2) is 45.6 Å². The second-order valence-corrected chi connectivity index (χ2v) is 7.48. The molecule has 0 bridgehead atoms. The zero-order valence-corrected chi connectivity index (χ0v) is 15.8. The highest BCUT2D eigenvalue weighted by Crippen LogP contribution is 2.33. The zero-order valence-electron chi connectivity index (χ0n) is 14.9. The molecule has 26 heavy (non-hydrogen) atoms. The van der Waals surface area contributed by atoms with E-state index in [1.807, 2.05) is 10.7 Å². The maximum atomic E-state index is 14.5. The standard InChI is InChI=1S/C19H25FN4OS/c20-17-9-5-4-8-16(17)18-21-23(14-22-10-12-25-13-11-22)19(26)24(18)15-6-2-1-3-7-15/h4-5,8-9,15H,1-3,6-7,10-14H2. The van der Waals surface area contributed by atoms with Crippen molar-refractivity contribution in [1.82, 2.24) is 19.2 Å². The number of halogens is 1. The van der Waals surface area contributed by atoms with Gasteiger partial charge in [0.2, 0.25) is 0 Å². The lowest BCUT2D eigenvalue weighted by atomic mass is 9.95. The molecule has 0 radical (unpaired) electrons. The summed E-state index contributed by atoms with van der Waals surface area (Å²) in [6, 6.07) is 7.16. The summed E-state index contributed by atoms with van der Waals surface area (Å²) < 4.78 is 24.6. The molecule has 2 fully saturated rings. The molecule has 1 aromatic carbocycles. The summed E-state index contributed by atoms with van der Waals surface area (Å²) in [6.45, 7) is 3.83. The van der Waals surface area contributed by atoms with Crippen LogP contribution in [0.2, 0.25) is 0 Å². The fourth-order valence-electron chi connectivity index (χ4n) is 3.94. The first-order valence-corrected chi connectivity index (χ1v) is 9.89. The van der Waals surface area contributed by atoms with E-state index in [9.17, 15) is 4.39 Å². The van der Waals surface area contributed by atoms with Crippen molar-refractivity contribution in [2.45, 2.75) is 44.8 Å². The number of aromatic nitrogens is 3. The van der Waals surface area contributed by atoms with Crippen molar-refractivity contribution < 1.29 is 9.13 Å². The molecule has 0 atom stereocenters. The summed E-state index contributed by atoms with van der Waals surface area (Å²) in [4.78, 5) is 2.28. The van der Waals surface area contributed by atoms with Crippen molar-refractivity contribution in [3.05, 3.63) is 34.9 Å². The zero-order chi connectivity index (χ0) is 17.9. The molecule has 0 amide bonds. The number of ether oxygens (including phenoxy) is 1. The summed E-state index contributed by atoms with van der Waals surface area (Å²) >= 11 is 5.79. The van der Waals surface area contributed by atoms with Crippen LogP contribution in [0.15, 0.2) is 24.3 Å². The highest BCUT2D eigenvalue weighted by Gasteiger charge is 2.24.